The first-order valence-electron chi connectivity index (χ1n) is 11.2. The normalized spacial score (nSPS) is 40.2. The van der Waals surface area contributed by atoms with Gasteiger partial charge in [0, 0.05) is 24.0 Å². The molecule has 1 aliphatic heterocycles. The van der Waals surface area contributed by atoms with Crippen LogP contribution < -0.4 is 5.73 Å². The van der Waals surface area contributed by atoms with E-state index < -0.39 is 0 Å². The number of rotatable bonds is 2. The second-order valence-electron chi connectivity index (χ2n) is 11.3. The van der Waals surface area contributed by atoms with Gasteiger partial charge in [-0.25, -0.2) is 0 Å². The van der Waals surface area contributed by atoms with Crippen LogP contribution in [0.3, 0.4) is 0 Å². The van der Waals surface area contributed by atoms with Gasteiger partial charge in [-0.15, -0.1) is 0 Å². The van der Waals surface area contributed by atoms with Gasteiger partial charge in [0.2, 0.25) is 5.91 Å². The summed E-state index contributed by atoms with van der Waals surface area (Å²) in [6, 6.07) is 11.6. The molecule has 2 N–H and O–H groups in total. The van der Waals surface area contributed by atoms with Gasteiger partial charge >= 0.3 is 0 Å². The Balaban J connectivity index is 1.67. The van der Waals surface area contributed by atoms with Gasteiger partial charge in [-0.1, -0.05) is 51.1 Å². The molecule has 1 aromatic carbocycles. The first-order chi connectivity index (χ1) is 13.1. The Kier molecular flexibility index (Phi) is 4.89. The fourth-order valence-electron chi connectivity index (χ4n) is 7.34. The van der Waals surface area contributed by atoms with Gasteiger partial charge in [-0.3, -0.25) is 4.79 Å². The van der Waals surface area contributed by atoms with E-state index in [-0.39, 0.29) is 22.9 Å². The van der Waals surface area contributed by atoms with Gasteiger partial charge in [-0.2, -0.15) is 0 Å². The second kappa shape index (κ2) is 6.86. The zero-order valence-corrected chi connectivity index (χ0v) is 18.2. The predicted molar refractivity (Wildman–Crippen MR) is 115 cm³/mol. The van der Waals surface area contributed by atoms with Gasteiger partial charge in [-0.05, 0) is 74.2 Å². The summed E-state index contributed by atoms with van der Waals surface area (Å²) in [6.07, 6.45) is 7.56. The van der Waals surface area contributed by atoms with Crippen LogP contribution in [0.25, 0.3) is 0 Å². The Bertz CT molecular complexity index is 729. The van der Waals surface area contributed by atoms with Crippen LogP contribution in [0, 0.1) is 16.7 Å². The van der Waals surface area contributed by atoms with Crippen LogP contribution in [0.4, 0.5) is 0 Å². The molecule has 4 rings (SSSR count). The topological polar surface area (TPSA) is 46.3 Å². The molecule has 3 fully saturated rings. The first kappa shape index (κ1) is 19.9. The van der Waals surface area contributed by atoms with Crippen molar-refractivity contribution in [2.75, 3.05) is 6.54 Å². The van der Waals surface area contributed by atoms with Crippen LogP contribution in [0.1, 0.15) is 78.2 Å². The average Bonchev–Trinajstić information content (AvgIpc) is 2.60. The molecule has 5 atom stereocenters. The minimum Gasteiger partial charge on any atom is -0.339 e. The smallest absolute Gasteiger partial charge is 0.228 e. The van der Waals surface area contributed by atoms with Gasteiger partial charge in [0.15, 0.2) is 0 Å². The number of benzene rings is 1. The highest BCUT2D eigenvalue weighted by atomic mass is 16.2. The molecule has 28 heavy (non-hydrogen) atoms. The third-order valence-corrected chi connectivity index (χ3v) is 7.89. The summed E-state index contributed by atoms with van der Waals surface area (Å²) in [5, 5.41) is 0. The molecule has 1 aromatic rings. The Morgan fingerprint density at radius 2 is 1.79 bits per heavy atom. The summed E-state index contributed by atoms with van der Waals surface area (Å²) in [6.45, 7) is 10.1. The average molecular weight is 383 g/mol. The van der Waals surface area contributed by atoms with E-state index in [0.29, 0.717) is 17.2 Å². The fraction of sp³-hybridized carbons (Fsp3) is 0.720. The fourth-order valence-corrected chi connectivity index (χ4v) is 7.34. The highest BCUT2D eigenvalue weighted by Gasteiger charge is 2.56. The van der Waals surface area contributed by atoms with Gasteiger partial charge in [0.05, 0.1) is 0 Å². The second-order valence-corrected chi connectivity index (χ2v) is 11.3. The van der Waals surface area contributed by atoms with E-state index in [4.69, 9.17) is 5.73 Å². The number of carbonyl (C=O) groups is 1. The van der Waals surface area contributed by atoms with E-state index in [2.05, 4.69) is 62.9 Å². The monoisotopic (exact) mass is 382 g/mol. The molecular weight excluding hydrogens is 344 g/mol. The molecule has 0 aromatic heterocycles. The van der Waals surface area contributed by atoms with E-state index in [1.54, 1.807) is 0 Å². The van der Waals surface area contributed by atoms with E-state index in [9.17, 15) is 4.79 Å². The van der Waals surface area contributed by atoms with Crippen molar-refractivity contribution in [1.29, 1.82) is 0 Å². The summed E-state index contributed by atoms with van der Waals surface area (Å²) in [7, 11) is 0. The number of piperidine rings is 1. The van der Waals surface area contributed by atoms with Crippen LogP contribution >= 0.6 is 0 Å². The lowest BCUT2D eigenvalue weighted by atomic mass is 9.47. The Morgan fingerprint density at radius 3 is 2.46 bits per heavy atom. The molecule has 154 valence electrons. The molecule has 2 saturated carbocycles. The summed E-state index contributed by atoms with van der Waals surface area (Å²) < 4.78 is 0. The number of hydrogen-bond acceptors (Lipinski definition) is 2. The molecule has 3 heteroatoms. The molecule has 3 aliphatic rings. The lowest BCUT2D eigenvalue weighted by molar-refractivity contribution is -0.152. The number of nitrogens with zero attached hydrogens (tertiary/aromatic N) is 1. The number of fused-ring (bicyclic) bond motifs is 2. The molecule has 0 radical (unpaired) electrons. The Hall–Kier alpha value is -1.35. The van der Waals surface area contributed by atoms with Crippen molar-refractivity contribution >= 4 is 5.91 Å². The highest BCUT2D eigenvalue weighted by Crippen LogP contribution is 2.61. The van der Waals surface area contributed by atoms with E-state index >= 15 is 0 Å². The number of nitrogens with two attached hydrogens (primary N) is 1. The molecule has 2 aliphatic carbocycles. The SMILES string of the molecule is CC1CC(N)CCN1C(=O)C1(C)CC2CC(C)(C)CC(c3ccccc3)(C2)C1. The van der Waals surface area contributed by atoms with Crippen molar-refractivity contribution < 1.29 is 4.79 Å². The molecule has 3 nitrogen and oxygen atoms in total. The van der Waals surface area contributed by atoms with Crippen molar-refractivity contribution in [2.45, 2.75) is 90.1 Å². The summed E-state index contributed by atoms with van der Waals surface area (Å²) in [4.78, 5) is 16.0. The quantitative estimate of drug-likeness (QED) is 0.791. The molecule has 0 spiro atoms. The minimum atomic E-state index is -0.259. The van der Waals surface area contributed by atoms with Gasteiger partial charge < -0.3 is 10.6 Å². The van der Waals surface area contributed by atoms with Crippen LogP contribution in [0.5, 0.6) is 0 Å². The van der Waals surface area contributed by atoms with Crippen molar-refractivity contribution in [3.8, 4) is 0 Å². The molecule has 1 amide bonds. The first-order valence-corrected chi connectivity index (χ1v) is 11.2. The molecule has 2 bridgehead atoms. The predicted octanol–water partition coefficient (Wildman–Crippen LogP) is 4.89. The van der Waals surface area contributed by atoms with Gasteiger partial charge in [0.25, 0.3) is 0 Å². The van der Waals surface area contributed by atoms with Crippen LogP contribution in [0.15, 0.2) is 30.3 Å². The maximum Gasteiger partial charge on any atom is 0.228 e. The maximum absolute atomic E-state index is 13.8. The van der Waals surface area contributed by atoms with E-state index in [0.717, 1.165) is 32.2 Å². The van der Waals surface area contributed by atoms with E-state index in [1.807, 2.05) is 0 Å². The third kappa shape index (κ3) is 3.51. The summed E-state index contributed by atoms with van der Waals surface area (Å²) in [5.74, 6) is 1.02. The van der Waals surface area contributed by atoms with Crippen molar-refractivity contribution in [3.63, 3.8) is 0 Å². The minimum absolute atomic E-state index is 0.131. The standard InChI is InChI=1S/C25H38N2O/c1-18-12-21(26)10-11-27(18)22(28)24(4)14-19-13-23(2,3)16-25(15-19,17-24)20-8-6-5-7-9-20/h5-9,18-19,21H,10-17,26H2,1-4H3. The largest absolute Gasteiger partial charge is 0.339 e. The van der Waals surface area contributed by atoms with Gasteiger partial charge in [0.1, 0.15) is 0 Å². The molecule has 1 saturated heterocycles. The molecule has 1 heterocycles. The van der Waals surface area contributed by atoms with Crippen LogP contribution in [-0.4, -0.2) is 29.4 Å². The van der Waals surface area contributed by atoms with Crippen LogP contribution in [0.2, 0.25) is 0 Å². The Labute approximate surface area is 171 Å². The molecule has 5 unspecified atom stereocenters. The number of hydrogen-bond donors (Lipinski definition) is 1. The number of carbonyl (C=O) groups excluding carboxylic acids is 1. The highest BCUT2D eigenvalue weighted by molar-refractivity contribution is 5.83. The van der Waals surface area contributed by atoms with Crippen molar-refractivity contribution in [3.05, 3.63) is 35.9 Å². The van der Waals surface area contributed by atoms with Crippen LogP contribution in [-0.2, 0) is 10.2 Å². The molecular formula is C25H38N2O. The summed E-state index contributed by atoms with van der Waals surface area (Å²) >= 11 is 0. The number of likely N-dealkylation sites (tertiary alicyclic amines) is 1. The van der Waals surface area contributed by atoms with Crippen molar-refractivity contribution in [2.24, 2.45) is 22.5 Å². The zero-order chi connectivity index (χ0) is 20.2. The number of amides is 1. The maximum atomic E-state index is 13.8. The van der Waals surface area contributed by atoms with Crippen molar-refractivity contribution in [1.82, 2.24) is 4.90 Å². The lowest BCUT2D eigenvalue weighted by Crippen LogP contribution is -2.57. The third-order valence-electron chi connectivity index (χ3n) is 7.89. The van der Waals surface area contributed by atoms with E-state index in [1.165, 1.54) is 24.8 Å². The zero-order valence-electron chi connectivity index (χ0n) is 18.2. The lowest BCUT2D eigenvalue weighted by Gasteiger charge is -2.58. The summed E-state index contributed by atoms with van der Waals surface area (Å²) in [5.41, 5.74) is 7.82. The Morgan fingerprint density at radius 1 is 1.07 bits per heavy atom.